The molecule has 170 valence electrons. The third-order valence-electron chi connectivity index (χ3n) is 4.72. The van der Waals surface area contributed by atoms with Gasteiger partial charge in [-0.2, -0.15) is 0 Å². The third-order valence-corrected chi connectivity index (χ3v) is 4.72. The number of rotatable bonds is 11. The maximum atomic E-state index is 12.7. The zero-order chi connectivity index (χ0) is 23.0. The van der Waals surface area contributed by atoms with Crippen molar-refractivity contribution in [3.05, 3.63) is 0 Å². The smallest absolute Gasteiger partial charge is 0.328 e. The second kappa shape index (κ2) is 11.4. The summed E-state index contributed by atoms with van der Waals surface area (Å²) >= 11 is 0. The second-order valence-corrected chi connectivity index (χ2v) is 7.03. The molecule has 30 heavy (non-hydrogen) atoms. The number of amides is 3. The first-order valence-corrected chi connectivity index (χ1v) is 9.39. The van der Waals surface area contributed by atoms with Crippen LogP contribution in [0.15, 0.2) is 0 Å². The molecule has 5 unspecified atom stereocenters. The van der Waals surface area contributed by atoms with E-state index in [4.69, 9.17) is 21.1 Å². The summed E-state index contributed by atoms with van der Waals surface area (Å²) in [5.41, 5.74) is 5.65. The van der Waals surface area contributed by atoms with E-state index in [9.17, 15) is 29.1 Å². The van der Waals surface area contributed by atoms with Gasteiger partial charge in [0.25, 0.3) is 0 Å². The van der Waals surface area contributed by atoms with Gasteiger partial charge in [0.2, 0.25) is 17.7 Å². The molecule has 0 spiro atoms. The lowest BCUT2D eigenvalue weighted by molar-refractivity contribution is -0.144. The summed E-state index contributed by atoms with van der Waals surface area (Å²) < 4.78 is 0. The second-order valence-electron chi connectivity index (χ2n) is 7.03. The molecule has 8 N–H and O–H groups in total. The SMILES string of the molecule is CC(O)C(N)C(=O)N1CCCC1C(=O)NC(CCC(=O)O)C(=O)NC(CO)C(=O)O. The highest BCUT2D eigenvalue weighted by Gasteiger charge is 2.38. The fraction of sp³-hybridized carbons (Fsp3) is 0.706. The number of hydrogen-bond donors (Lipinski definition) is 7. The summed E-state index contributed by atoms with van der Waals surface area (Å²) in [5, 5.41) is 40.7. The summed E-state index contributed by atoms with van der Waals surface area (Å²) in [7, 11) is 0. The van der Waals surface area contributed by atoms with Crippen molar-refractivity contribution in [1.82, 2.24) is 15.5 Å². The summed E-state index contributed by atoms with van der Waals surface area (Å²) in [5.74, 6) is -5.10. The summed E-state index contributed by atoms with van der Waals surface area (Å²) in [4.78, 5) is 60.5. The van der Waals surface area contributed by atoms with E-state index in [-0.39, 0.29) is 19.4 Å². The van der Waals surface area contributed by atoms with Gasteiger partial charge in [-0.1, -0.05) is 0 Å². The predicted molar refractivity (Wildman–Crippen MR) is 99.8 cm³/mol. The molecule has 0 saturated carbocycles. The van der Waals surface area contributed by atoms with Crippen LogP contribution in [-0.2, 0) is 24.0 Å². The van der Waals surface area contributed by atoms with E-state index >= 15 is 0 Å². The normalized spacial score (nSPS) is 20.0. The lowest BCUT2D eigenvalue weighted by atomic mass is 10.1. The van der Waals surface area contributed by atoms with Gasteiger partial charge in [-0.15, -0.1) is 0 Å². The molecule has 13 nitrogen and oxygen atoms in total. The van der Waals surface area contributed by atoms with Crippen molar-refractivity contribution in [2.75, 3.05) is 13.2 Å². The van der Waals surface area contributed by atoms with Gasteiger partial charge in [0.05, 0.1) is 12.7 Å². The van der Waals surface area contributed by atoms with Crippen LogP contribution in [0.1, 0.15) is 32.6 Å². The largest absolute Gasteiger partial charge is 0.481 e. The number of aliphatic hydroxyl groups excluding tert-OH is 2. The van der Waals surface area contributed by atoms with Crippen LogP contribution in [0.25, 0.3) is 0 Å². The van der Waals surface area contributed by atoms with E-state index in [1.807, 2.05) is 5.32 Å². The lowest BCUT2D eigenvalue weighted by Crippen LogP contribution is -2.58. The van der Waals surface area contributed by atoms with Gasteiger partial charge < -0.3 is 41.7 Å². The van der Waals surface area contributed by atoms with Gasteiger partial charge in [-0.05, 0) is 26.2 Å². The maximum absolute atomic E-state index is 12.7. The molecular formula is C17H28N4O9. The summed E-state index contributed by atoms with van der Waals surface area (Å²) in [6.07, 6.45) is -1.21. The lowest BCUT2D eigenvalue weighted by Gasteiger charge is -2.29. The van der Waals surface area contributed by atoms with E-state index in [1.54, 1.807) is 0 Å². The Bertz CT molecular complexity index is 670. The van der Waals surface area contributed by atoms with E-state index in [0.717, 1.165) is 0 Å². The standard InChI is InChI=1S/C17H28N4O9/c1-8(23)13(18)16(28)21-6-2-3-11(21)15(27)19-9(4-5-12(24)25)14(26)20-10(7-22)17(29)30/h8-11,13,22-23H,2-7,18H2,1H3,(H,19,27)(H,20,26)(H,24,25)(H,29,30). The van der Waals surface area contributed by atoms with Gasteiger partial charge in [-0.3, -0.25) is 19.2 Å². The van der Waals surface area contributed by atoms with Crippen molar-refractivity contribution in [2.24, 2.45) is 5.73 Å². The molecular weight excluding hydrogens is 404 g/mol. The Labute approximate surface area is 172 Å². The number of likely N-dealkylation sites (tertiary alicyclic amines) is 1. The molecule has 0 bridgehead atoms. The molecule has 1 saturated heterocycles. The van der Waals surface area contributed by atoms with Gasteiger partial charge in [0, 0.05) is 13.0 Å². The van der Waals surface area contributed by atoms with Gasteiger partial charge in [0.1, 0.15) is 24.2 Å². The van der Waals surface area contributed by atoms with Crippen LogP contribution in [0.2, 0.25) is 0 Å². The van der Waals surface area contributed by atoms with Crippen LogP contribution in [-0.4, -0.2) is 98.4 Å². The van der Waals surface area contributed by atoms with E-state index in [1.165, 1.54) is 11.8 Å². The minimum atomic E-state index is -1.63. The number of carboxylic acids is 2. The van der Waals surface area contributed by atoms with Crippen LogP contribution in [0, 0.1) is 0 Å². The molecule has 0 aliphatic carbocycles. The monoisotopic (exact) mass is 432 g/mol. The van der Waals surface area contributed by atoms with Crippen molar-refractivity contribution >= 4 is 29.7 Å². The van der Waals surface area contributed by atoms with Crippen molar-refractivity contribution < 1.29 is 44.4 Å². The molecule has 3 amide bonds. The van der Waals surface area contributed by atoms with Gasteiger partial charge in [-0.25, -0.2) is 4.79 Å². The molecule has 0 aromatic rings. The minimum absolute atomic E-state index is 0.217. The number of nitrogens with two attached hydrogens (primary N) is 1. The van der Waals surface area contributed by atoms with E-state index in [2.05, 4.69) is 5.32 Å². The molecule has 13 heteroatoms. The Kier molecular flexibility index (Phi) is 9.62. The molecule has 0 aromatic heterocycles. The topological polar surface area (TPSA) is 220 Å². The molecule has 1 heterocycles. The Morgan fingerprint density at radius 2 is 1.77 bits per heavy atom. The zero-order valence-corrected chi connectivity index (χ0v) is 16.5. The third kappa shape index (κ3) is 6.93. The molecule has 5 atom stereocenters. The quantitative estimate of drug-likeness (QED) is 0.171. The molecule has 1 fully saturated rings. The highest BCUT2D eigenvalue weighted by atomic mass is 16.4. The van der Waals surface area contributed by atoms with E-state index < -0.39 is 73.0 Å². The molecule has 1 aliphatic heterocycles. The highest BCUT2D eigenvalue weighted by molar-refractivity contribution is 5.94. The highest BCUT2D eigenvalue weighted by Crippen LogP contribution is 2.19. The Balaban J connectivity index is 2.92. The first-order chi connectivity index (χ1) is 14.0. The number of nitrogens with one attached hydrogen (secondary N) is 2. The number of carbonyl (C=O) groups excluding carboxylic acids is 3. The van der Waals surface area contributed by atoms with Crippen LogP contribution in [0.5, 0.6) is 0 Å². The Morgan fingerprint density at radius 3 is 2.27 bits per heavy atom. The molecule has 1 aliphatic rings. The van der Waals surface area contributed by atoms with Crippen molar-refractivity contribution in [2.45, 2.75) is 62.9 Å². The molecule has 0 aromatic carbocycles. The van der Waals surface area contributed by atoms with Gasteiger partial charge >= 0.3 is 11.9 Å². The number of aliphatic hydroxyl groups is 2. The van der Waals surface area contributed by atoms with Crippen LogP contribution < -0.4 is 16.4 Å². The van der Waals surface area contributed by atoms with Crippen LogP contribution >= 0.6 is 0 Å². The number of aliphatic carboxylic acids is 2. The average molecular weight is 432 g/mol. The predicted octanol–water partition coefficient (Wildman–Crippen LogP) is -3.40. The summed E-state index contributed by atoms with van der Waals surface area (Å²) in [6.45, 7) is 0.651. The minimum Gasteiger partial charge on any atom is -0.481 e. The Morgan fingerprint density at radius 1 is 1.13 bits per heavy atom. The molecule has 0 radical (unpaired) electrons. The first kappa shape index (κ1) is 25.3. The Hall–Kier alpha value is -2.77. The maximum Gasteiger partial charge on any atom is 0.328 e. The number of carboxylic acid groups (broad SMARTS) is 2. The molecule has 1 rings (SSSR count). The van der Waals surface area contributed by atoms with Gasteiger partial charge in [0.15, 0.2) is 0 Å². The number of nitrogens with zero attached hydrogens (tertiary/aromatic N) is 1. The van der Waals surface area contributed by atoms with Crippen LogP contribution in [0.4, 0.5) is 0 Å². The fourth-order valence-corrected chi connectivity index (χ4v) is 2.96. The van der Waals surface area contributed by atoms with Crippen LogP contribution in [0.3, 0.4) is 0 Å². The van der Waals surface area contributed by atoms with E-state index in [0.29, 0.717) is 6.42 Å². The first-order valence-electron chi connectivity index (χ1n) is 9.39. The van der Waals surface area contributed by atoms with Crippen molar-refractivity contribution in [1.29, 1.82) is 0 Å². The fourth-order valence-electron chi connectivity index (χ4n) is 2.96. The average Bonchev–Trinajstić information content (AvgIpc) is 3.17. The van der Waals surface area contributed by atoms with Crippen molar-refractivity contribution in [3.8, 4) is 0 Å². The van der Waals surface area contributed by atoms with Crippen molar-refractivity contribution in [3.63, 3.8) is 0 Å². The zero-order valence-electron chi connectivity index (χ0n) is 16.5. The summed E-state index contributed by atoms with van der Waals surface area (Å²) in [6, 6.07) is -5.23. The number of hydrogen-bond acceptors (Lipinski definition) is 8. The number of carbonyl (C=O) groups is 5.